The normalized spacial score (nSPS) is 16.8. The molecule has 1 aliphatic heterocycles. The molecule has 0 radical (unpaired) electrons. The summed E-state index contributed by atoms with van der Waals surface area (Å²) < 4.78 is 14.3. The van der Waals surface area contributed by atoms with Crippen LogP contribution < -0.4 is 15.5 Å². The van der Waals surface area contributed by atoms with E-state index in [1.165, 1.54) is 11.0 Å². The lowest BCUT2D eigenvalue weighted by molar-refractivity contribution is -0.130. The van der Waals surface area contributed by atoms with Gasteiger partial charge in [0, 0.05) is 6.04 Å². The monoisotopic (exact) mass is 293 g/mol. The van der Waals surface area contributed by atoms with E-state index >= 15 is 0 Å². The van der Waals surface area contributed by atoms with Crippen molar-refractivity contribution in [3.8, 4) is 0 Å². The Bertz CT molecular complexity index is 532. The Kier molecular flexibility index (Phi) is 4.90. The first-order valence-corrected chi connectivity index (χ1v) is 7.12. The van der Waals surface area contributed by atoms with E-state index in [-0.39, 0.29) is 19.1 Å². The average Bonchev–Trinajstić information content (AvgIpc) is 2.43. The molecule has 21 heavy (non-hydrogen) atoms. The molecule has 1 aliphatic rings. The van der Waals surface area contributed by atoms with Gasteiger partial charge in [-0.3, -0.25) is 14.9 Å². The van der Waals surface area contributed by atoms with E-state index in [1.54, 1.807) is 6.07 Å². The first-order chi connectivity index (χ1) is 10.0. The lowest BCUT2D eigenvalue weighted by Gasteiger charge is -2.31. The zero-order chi connectivity index (χ0) is 15.4. The molecule has 0 aromatic heterocycles. The van der Waals surface area contributed by atoms with Crippen LogP contribution in [0.15, 0.2) is 18.2 Å². The number of carbonyl (C=O) groups excluding carboxylic acids is 2. The van der Waals surface area contributed by atoms with Gasteiger partial charge in [-0.2, -0.15) is 0 Å². The van der Waals surface area contributed by atoms with Crippen LogP contribution in [0.2, 0.25) is 0 Å². The summed E-state index contributed by atoms with van der Waals surface area (Å²) in [7, 11) is 0. The van der Waals surface area contributed by atoms with Crippen LogP contribution in [0.1, 0.15) is 31.9 Å². The molecule has 0 bridgehead atoms. The zero-order valence-corrected chi connectivity index (χ0v) is 12.3. The van der Waals surface area contributed by atoms with Crippen LogP contribution in [0.25, 0.3) is 0 Å². The Labute approximate surface area is 123 Å². The van der Waals surface area contributed by atoms with Crippen molar-refractivity contribution in [1.29, 1.82) is 0 Å². The average molecular weight is 293 g/mol. The molecule has 0 aliphatic carbocycles. The molecular weight excluding hydrogens is 273 g/mol. The van der Waals surface area contributed by atoms with E-state index in [1.807, 2.05) is 13.0 Å². The molecule has 0 saturated carbocycles. The number of halogens is 1. The van der Waals surface area contributed by atoms with Crippen molar-refractivity contribution >= 4 is 17.5 Å². The van der Waals surface area contributed by atoms with Gasteiger partial charge in [0.2, 0.25) is 11.8 Å². The second-order valence-corrected chi connectivity index (χ2v) is 5.18. The van der Waals surface area contributed by atoms with Gasteiger partial charge in [0.25, 0.3) is 0 Å². The number of nitrogens with one attached hydrogen (secondary N) is 2. The fourth-order valence-electron chi connectivity index (χ4n) is 2.48. The first-order valence-electron chi connectivity index (χ1n) is 7.12. The summed E-state index contributed by atoms with van der Waals surface area (Å²) in [5.41, 5.74) is 1.09. The summed E-state index contributed by atoms with van der Waals surface area (Å²) >= 11 is 0. The van der Waals surface area contributed by atoms with E-state index in [9.17, 15) is 14.0 Å². The van der Waals surface area contributed by atoms with Crippen molar-refractivity contribution < 1.29 is 14.0 Å². The Morgan fingerprint density at radius 1 is 1.33 bits per heavy atom. The van der Waals surface area contributed by atoms with Crippen LogP contribution in [-0.2, 0) is 9.59 Å². The zero-order valence-electron chi connectivity index (χ0n) is 12.3. The van der Waals surface area contributed by atoms with Gasteiger partial charge < -0.3 is 10.2 Å². The van der Waals surface area contributed by atoms with Crippen LogP contribution in [0.3, 0.4) is 0 Å². The maximum absolute atomic E-state index is 14.3. The molecule has 1 heterocycles. The SMILES string of the molecule is CCCNC(C)c1cccc(F)c1N1CC(=O)NC(=O)C1. The maximum Gasteiger partial charge on any atom is 0.246 e. The Morgan fingerprint density at radius 3 is 2.62 bits per heavy atom. The highest BCUT2D eigenvalue weighted by molar-refractivity contribution is 6.02. The number of hydrogen-bond donors (Lipinski definition) is 2. The minimum Gasteiger partial charge on any atom is -0.350 e. The number of benzene rings is 1. The molecular formula is C15H20FN3O2. The molecule has 1 aromatic rings. The number of piperazine rings is 1. The van der Waals surface area contributed by atoms with Gasteiger partial charge in [-0.1, -0.05) is 19.1 Å². The van der Waals surface area contributed by atoms with E-state index < -0.39 is 17.6 Å². The Morgan fingerprint density at radius 2 is 2.00 bits per heavy atom. The number of amides is 2. The third-order valence-electron chi connectivity index (χ3n) is 3.45. The maximum atomic E-state index is 14.3. The summed E-state index contributed by atoms with van der Waals surface area (Å²) in [5, 5.41) is 5.52. The van der Waals surface area contributed by atoms with Crippen LogP contribution in [0, 0.1) is 5.82 Å². The topological polar surface area (TPSA) is 61.4 Å². The minimum absolute atomic E-state index is 0.0137. The van der Waals surface area contributed by atoms with Gasteiger partial charge in [0.1, 0.15) is 5.82 Å². The van der Waals surface area contributed by atoms with Crippen LogP contribution in [-0.4, -0.2) is 31.4 Å². The molecule has 1 saturated heterocycles. The number of anilines is 1. The van der Waals surface area contributed by atoms with Gasteiger partial charge in [0.15, 0.2) is 0 Å². The summed E-state index contributed by atoms with van der Waals surface area (Å²) in [5.74, 6) is -1.23. The van der Waals surface area contributed by atoms with Gasteiger partial charge in [0.05, 0.1) is 18.8 Å². The van der Waals surface area contributed by atoms with Crippen molar-refractivity contribution in [1.82, 2.24) is 10.6 Å². The molecule has 2 rings (SSSR count). The van der Waals surface area contributed by atoms with Crippen LogP contribution in [0.4, 0.5) is 10.1 Å². The van der Waals surface area contributed by atoms with Crippen LogP contribution >= 0.6 is 0 Å². The summed E-state index contributed by atoms with van der Waals surface area (Å²) in [6.45, 7) is 4.79. The number of imide groups is 1. The second kappa shape index (κ2) is 6.67. The van der Waals surface area contributed by atoms with Gasteiger partial charge >= 0.3 is 0 Å². The second-order valence-electron chi connectivity index (χ2n) is 5.18. The van der Waals surface area contributed by atoms with Gasteiger partial charge in [-0.25, -0.2) is 4.39 Å². The molecule has 2 amide bonds. The van der Waals surface area contributed by atoms with Gasteiger partial charge in [-0.15, -0.1) is 0 Å². The number of nitrogens with zero attached hydrogens (tertiary/aromatic N) is 1. The highest BCUT2D eigenvalue weighted by atomic mass is 19.1. The molecule has 0 spiro atoms. The van der Waals surface area contributed by atoms with Gasteiger partial charge in [-0.05, 0) is 31.5 Å². The highest BCUT2D eigenvalue weighted by Gasteiger charge is 2.27. The molecule has 1 aromatic carbocycles. The Balaban J connectivity index is 2.33. The van der Waals surface area contributed by atoms with Crippen molar-refractivity contribution in [2.45, 2.75) is 26.3 Å². The molecule has 6 heteroatoms. The smallest absolute Gasteiger partial charge is 0.246 e. The predicted octanol–water partition coefficient (Wildman–Crippen LogP) is 1.35. The number of para-hydroxylation sites is 1. The number of rotatable bonds is 5. The van der Waals surface area contributed by atoms with Crippen LogP contribution in [0.5, 0.6) is 0 Å². The van der Waals surface area contributed by atoms with Crippen molar-refractivity contribution in [2.75, 3.05) is 24.5 Å². The summed E-state index contributed by atoms with van der Waals surface area (Å²) in [6.07, 6.45) is 0.972. The molecule has 1 unspecified atom stereocenters. The third kappa shape index (κ3) is 3.58. The third-order valence-corrected chi connectivity index (χ3v) is 3.45. The number of carbonyl (C=O) groups is 2. The lowest BCUT2D eigenvalue weighted by Crippen LogP contribution is -2.52. The lowest BCUT2D eigenvalue weighted by atomic mass is 10.0. The fraction of sp³-hybridized carbons (Fsp3) is 0.467. The fourth-order valence-corrected chi connectivity index (χ4v) is 2.48. The largest absolute Gasteiger partial charge is 0.350 e. The molecule has 1 fully saturated rings. The minimum atomic E-state index is -0.417. The standard InChI is InChI=1S/C15H20FN3O2/c1-3-7-17-10(2)11-5-4-6-12(16)15(11)19-8-13(20)18-14(21)9-19/h4-6,10,17H,3,7-9H2,1-2H3,(H,18,20,21). The summed E-state index contributed by atoms with van der Waals surface area (Å²) in [6, 6.07) is 4.76. The van der Waals surface area contributed by atoms with E-state index in [0.29, 0.717) is 5.69 Å². The van der Waals surface area contributed by atoms with Crippen molar-refractivity contribution in [3.05, 3.63) is 29.6 Å². The molecule has 2 N–H and O–H groups in total. The van der Waals surface area contributed by atoms with E-state index in [4.69, 9.17) is 0 Å². The van der Waals surface area contributed by atoms with Crippen molar-refractivity contribution in [2.24, 2.45) is 0 Å². The highest BCUT2D eigenvalue weighted by Crippen LogP contribution is 2.29. The van der Waals surface area contributed by atoms with E-state index in [2.05, 4.69) is 17.6 Å². The van der Waals surface area contributed by atoms with Crippen molar-refractivity contribution in [3.63, 3.8) is 0 Å². The molecule has 114 valence electrons. The molecule has 5 nitrogen and oxygen atoms in total. The first kappa shape index (κ1) is 15.4. The quantitative estimate of drug-likeness (QED) is 0.805. The number of hydrogen-bond acceptors (Lipinski definition) is 4. The summed E-state index contributed by atoms with van der Waals surface area (Å²) in [4.78, 5) is 24.5. The Hall–Kier alpha value is -1.95. The molecule has 1 atom stereocenters. The van der Waals surface area contributed by atoms with E-state index in [0.717, 1.165) is 18.5 Å². The predicted molar refractivity (Wildman–Crippen MR) is 78.5 cm³/mol.